The van der Waals surface area contributed by atoms with E-state index < -0.39 is 5.97 Å². The van der Waals surface area contributed by atoms with Gasteiger partial charge in [0.15, 0.2) is 11.6 Å². The van der Waals surface area contributed by atoms with Gasteiger partial charge in [0, 0.05) is 152 Å². The lowest BCUT2D eigenvalue weighted by Gasteiger charge is -2.36. The third-order valence-corrected chi connectivity index (χ3v) is 20.8. The van der Waals surface area contributed by atoms with E-state index >= 15 is 0 Å². The number of aryl methyl sites for hydroxylation is 4. The Kier molecular flexibility index (Phi) is 17.6. The van der Waals surface area contributed by atoms with E-state index in [0.717, 1.165) is 151 Å². The summed E-state index contributed by atoms with van der Waals surface area (Å²) in [7, 11) is 0. The van der Waals surface area contributed by atoms with Gasteiger partial charge in [0.05, 0.1) is 33.3 Å². The van der Waals surface area contributed by atoms with Gasteiger partial charge < -0.3 is 29.9 Å². The number of Topliss-reactive ketones (excluding diaryl/α,β-unsaturated/α-hetero) is 1. The number of rotatable bonds is 18. The fourth-order valence-corrected chi connectivity index (χ4v) is 15.9. The van der Waals surface area contributed by atoms with Gasteiger partial charge in [0.1, 0.15) is 36.2 Å². The van der Waals surface area contributed by atoms with Gasteiger partial charge in [0.25, 0.3) is 5.91 Å². The van der Waals surface area contributed by atoms with Gasteiger partial charge in [-0.05, 0) is 129 Å². The van der Waals surface area contributed by atoms with Crippen LogP contribution in [0.2, 0.25) is 5.02 Å². The molecular formula is C75H75ClN9O7S+. The van der Waals surface area contributed by atoms with Gasteiger partial charge in [-0.3, -0.25) is 24.1 Å². The minimum Gasteiger partial charge on any atom is -0.478 e. The Balaban J connectivity index is 0.709. The van der Waals surface area contributed by atoms with Crippen molar-refractivity contribution in [3.05, 3.63) is 225 Å². The number of carbonyl (C=O) groups is 5. The van der Waals surface area contributed by atoms with Crippen molar-refractivity contribution in [2.24, 2.45) is 0 Å². The van der Waals surface area contributed by atoms with Crippen LogP contribution < -0.4 is 35.0 Å². The molecule has 2 amide bonds. The first kappa shape index (κ1) is 61.6. The average Bonchev–Trinajstić information content (AvgIpc) is 1.39. The second kappa shape index (κ2) is 26.6. The third-order valence-electron chi connectivity index (χ3n) is 19.4. The van der Waals surface area contributed by atoms with E-state index in [1.807, 2.05) is 62.4 Å². The lowest BCUT2D eigenvalue weighted by atomic mass is 9.82. The standard InChI is InChI=1S/C75H74ClN9O7S/c1-46-13-10-20-62(76)58(46)42-63(86)64-43-78-66(93-64)41-54-40-65(80-47(2)79-54)82-35-33-81(34-36-82)45-67(87)85(44-48-21-23-50(24-22-48)71(88)49-14-4-3-5-15-49)32-27-77-74(89)53-25-26-55(75(90)91)59(39-53)68-60-37-51-16-6-8-28-83-30-11-18-56(69(51)83)72(60)92-73-57-19-12-31-84-29-9-7-17-52(70(57)84)38-61(68)73/h3-5,10,13-15,20-26,37-40,43H,6-9,11-12,16-19,27-36,41-42,44-45H2,1-2H3,(H-,77,89,90,91)/p+1. The number of ether oxygens (including phenoxy) is 1. The first-order chi connectivity index (χ1) is 45.3. The fraction of sp³-hybridized carbons (Fsp3) is 0.347. The number of halogens is 1. The number of piperazine rings is 1. The summed E-state index contributed by atoms with van der Waals surface area (Å²) in [4.78, 5) is 93.3. The average molecular weight is 1280 g/mol. The molecule has 0 spiro atoms. The molecule has 14 rings (SSSR count). The van der Waals surface area contributed by atoms with Crippen LogP contribution in [0.4, 0.5) is 11.5 Å². The Bertz CT molecular complexity index is 4430. The van der Waals surface area contributed by atoms with Gasteiger partial charge in [-0.1, -0.05) is 78.3 Å². The van der Waals surface area contributed by atoms with E-state index in [2.05, 4.69) is 41.7 Å². The Morgan fingerprint density at radius 3 is 2.30 bits per heavy atom. The number of hydrogen-bond acceptors (Lipinski definition) is 13. The number of nitrogens with one attached hydrogen (secondary N) is 1. The van der Waals surface area contributed by atoms with E-state index in [1.165, 1.54) is 44.6 Å². The maximum Gasteiger partial charge on any atom is 0.336 e. The fourth-order valence-electron chi connectivity index (χ4n) is 14.7. The van der Waals surface area contributed by atoms with Gasteiger partial charge in [-0.2, -0.15) is 0 Å². The molecule has 2 N–H and O–H groups in total. The molecule has 18 heteroatoms. The molecule has 6 aliphatic heterocycles. The minimum absolute atomic E-state index is 0.0346. The van der Waals surface area contributed by atoms with Crippen molar-refractivity contribution in [3.63, 3.8) is 0 Å². The molecule has 6 aromatic carbocycles. The van der Waals surface area contributed by atoms with E-state index in [-0.39, 0.29) is 61.5 Å². The quantitative estimate of drug-likeness (QED) is 0.0613. The first-order valence-corrected chi connectivity index (χ1v) is 34.1. The number of nitrogens with zero attached hydrogens (tertiary/aromatic N) is 8. The number of carboxylic acids is 1. The van der Waals surface area contributed by atoms with Gasteiger partial charge in [-0.15, -0.1) is 11.3 Å². The third kappa shape index (κ3) is 12.7. The zero-order valence-corrected chi connectivity index (χ0v) is 54.3. The SMILES string of the molecule is Cc1nc(Cc2ncc(C(=O)Cc3c(C)cccc3Cl)s2)cc(N2CCN(CC(=O)N(CCNC(=O)c3ccc(C(=O)O)c(C4=c5cc6c7c(c5Oc5c4cc4c8c5CCCN8CCCC4)CCC[N+]=7CCCC6)c3)Cc3ccc(C(=O)c4ccccc4)cc3)CC2)n1. The number of carbonyl (C=O) groups excluding carboxylic acids is 4. The Morgan fingerprint density at radius 1 is 0.720 bits per heavy atom. The van der Waals surface area contributed by atoms with Crippen molar-refractivity contribution in [2.45, 2.75) is 97.4 Å². The largest absolute Gasteiger partial charge is 0.478 e. The lowest BCUT2D eigenvalue weighted by molar-refractivity contribution is -0.133. The molecule has 0 atom stereocenters. The zero-order chi connectivity index (χ0) is 63.9. The number of hydrogen-bond donors (Lipinski definition) is 2. The number of carboxylic acid groups (broad SMARTS) is 1. The number of ketones is 2. The van der Waals surface area contributed by atoms with E-state index in [0.29, 0.717) is 70.6 Å². The minimum atomic E-state index is -1.08. The predicted octanol–water partition coefficient (Wildman–Crippen LogP) is 9.95. The molecule has 16 nitrogen and oxygen atoms in total. The van der Waals surface area contributed by atoms with Crippen LogP contribution in [-0.2, 0) is 49.9 Å². The van der Waals surface area contributed by atoms with Crippen molar-refractivity contribution in [3.8, 4) is 11.5 Å². The molecule has 0 radical (unpaired) electrons. The lowest BCUT2D eigenvalue weighted by Crippen LogP contribution is -2.51. The van der Waals surface area contributed by atoms with Crippen LogP contribution in [-0.4, -0.2) is 131 Å². The van der Waals surface area contributed by atoms with Crippen LogP contribution in [0, 0.1) is 13.8 Å². The summed E-state index contributed by atoms with van der Waals surface area (Å²) in [6.07, 6.45) is 12.2. The number of anilines is 2. The van der Waals surface area contributed by atoms with Crippen LogP contribution in [0.1, 0.15) is 151 Å². The molecule has 2 aromatic heterocycles. The van der Waals surface area contributed by atoms with E-state index in [1.54, 1.807) is 59.6 Å². The maximum absolute atomic E-state index is 14.8. The van der Waals surface area contributed by atoms with Crippen molar-refractivity contribution in [2.75, 3.05) is 81.8 Å². The molecule has 0 saturated carbocycles. The Hall–Kier alpha value is -8.90. The number of fused-ring (bicyclic) bond motifs is 4. The van der Waals surface area contributed by atoms with Crippen LogP contribution in [0.3, 0.4) is 0 Å². The molecule has 1 fully saturated rings. The summed E-state index contributed by atoms with van der Waals surface area (Å²) in [5.74, 6) is 1.31. The first-order valence-electron chi connectivity index (χ1n) is 32.9. The number of aromatic carboxylic acids is 1. The molecule has 474 valence electrons. The van der Waals surface area contributed by atoms with Crippen LogP contribution in [0.25, 0.3) is 5.57 Å². The monoisotopic (exact) mass is 1280 g/mol. The summed E-state index contributed by atoms with van der Waals surface area (Å²) in [6, 6.07) is 33.6. The molecule has 0 unspecified atom stereocenters. The Morgan fingerprint density at radius 2 is 1.48 bits per heavy atom. The highest BCUT2D eigenvalue weighted by molar-refractivity contribution is 7.13. The zero-order valence-electron chi connectivity index (χ0n) is 52.7. The highest BCUT2D eigenvalue weighted by atomic mass is 35.5. The molecule has 6 aliphatic rings. The van der Waals surface area contributed by atoms with Crippen molar-refractivity contribution in [1.29, 1.82) is 0 Å². The molecule has 8 heterocycles. The molecule has 93 heavy (non-hydrogen) atoms. The van der Waals surface area contributed by atoms with Gasteiger partial charge >= 0.3 is 5.97 Å². The molecule has 0 aliphatic carbocycles. The topological polar surface area (TPSA) is 181 Å². The van der Waals surface area contributed by atoms with Gasteiger partial charge in [0.2, 0.25) is 11.3 Å². The summed E-state index contributed by atoms with van der Waals surface area (Å²) < 4.78 is 9.89. The predicted molar refractivity (Wildman–Crippen MR) is 362 cm³/mol. The number of amides is 2. The Labute approximate surface area is 550 Å². The van der Waals surface area contributed by atoms with E-state index in [4.69, 9.17) is 26.3 Å². The normalized spacial score (nSPS) is 15.8. The van der Waals surface area contributed by atoms with Crippen molar-refractivity contribution >= 4 is 69.4 Å². The number of aromatic nitrogens is 3. The van der Waals surface area contributed by atoms with Crippen LogP contribution in [0.15, 0.2) is 115 Å². The summed E-state index contributed by atoms with van der Waals surface area (Å²) >= 11 is 7.82. The number of benzene rings is 6. The second-order valence-electron chi connectivity index (χ2n) is 25.5. The maximum atomic E-state index is 14.8. The van der Waals surface area contributed by atoms with Crippen molar-refractivity contribution in [1.82, 2.24) is 34.6 Å². The summed E-state index contributed by atoms with van der Waals surface area (Å²) in [6.45, 7) is 10.9. The van der Waals surface area contributed by atoms with Crippen LogP contribution >= 0.6 is 22.9 Å². The highest BCUT2D eigenvalue weighted by Crippen LogP contribution is 2.49. The molecule has 8 aromatic rings. The van der Waals surface area contributed by atoms with Gasteiger partial charge in [-0.25, -0.2) is 24.3 Å². The molecular weight excluding hydrogens is 1210 g/mol. The summed E-state index contributed by atoms with van der Waals surface area (Å²) in [5, 5.41) is 17.8. The smallest absolute Gasteiger partial charge is 0.336 e. The molecule has 1 saturated heterocycles. The number of thiazole rings is 1. The second-order valence-corrected chi connectivity index (χ2v) is 27.1. The van der Waals surface area contributed by atoms with E-state index in [9.17, 15) is 29.1 Å². The molecule has 0 bridgehead atoms. The highest BCUT2D eigenvalue weighted by Gasteiger charge is 2.37. The van der Waals surface area contributed by atoms with Crippen LogP contribution in [0.5, 0.6) is 11.5 Å². The summed E-state index contributed by atoms with van der Waals surface area (Å²) in [5.41, 5.74) is 13.3. The van der Waals surface area contributed by atoms with Crippen molar-refractivity contribution < 1.29 is 33.8 Å².